The molecule has 1 saturated heterocycles. The summed E-state index contributed by atoms with van der Waals surface area (Å²) in [6.45, 7) is 0.685. The van der Waals surface area contributed by atoms with Gasteiger partial charge in [0.1, 0.15) is 11.5 Å². The number of nitrogens with one attached hydrogen (secondary N) is 1. The van der Waals surface area contributed by atoms with Crippen LogP contribution >= 0.6 is 0 Å². The standard InChI is InChI=1S/C21H27N3O5S/c1-28-17-12-10-16(11-13-17)7-6-14-23-19(18-8-4-5-9-20(18)29-2)15-24(21(23)25)22-30(3,26)27/h4-5,8-13,19,22H,6-7,14-15H2,1-3H3. The molecule has 3 rings (SSSR count). The first-order valence-corrected chi connectivity index (χ1v) is 11.5. The smallest absolute Gasteiger partial charge is 0.335 e. The fraction of sp³-hybridized carbons (Fsp3) is 0.381. The number of benzene rings is 2. The van der Waals surface area contributed by atoms with Gasteiger partial charge in [-0.15, -0.1) is 4.83 Å². The van der Waals surface area contributed by atoms with Crippen LogP contribution in [0.25, 0.3) is 0 Å². The van der Waals surface area contributed by atoms with Crippen molar-refractivity contribution in [3.8, 4) is 11.5 Å². The third-order valence-corrected chi connectivity index (χ3v) is 5.56. The zero-order chi connectivity index (χ0) is 21.7. The summed E-state index contributed by atoms with van der Waals surface area (Å²) in [5.41, 5.74) is 1.98. The largest absolute Gasteiger partial charge is 0.497 e. The fourth-order valence-electron chi connectivity index (χ4n) is 3.62. The average molecular weight is 434 g/mol. The summed E-state index contributed by atoms with van der Waals surface area (Å²) in [5, 5.41) is 1.15. The molecular weight excluding hydrogens is 406 g/mol. The van der Waals surface area contributed by atoms with Crippen LogP contribution in [-0.2, 0) is 16.4 Å². The summed E-state index contributed by atoms with van der Waals surface area (Å²) in [4.78, 5) is 17.0. The van der Waals surface area contributed by atoms with Crippen molar-refractivity contribution in [2.45, 2.75) is 18.9 Å². The molecule has 0 radical (unpaired) electrons. The topological polar surface area (TPSA) is 88.2 Å². The van der Waals surface area contributed by atoms with Crippen LogP contribution < -0.4 is 14.3 Å². The van der Waals surface area contributed by atoms with E-state index in [0.717, 1.165) is 41.0 Å². The van der Waals surface area contributed by atoms with Crippen molar-refractivity contribution in [2.24, 2.45) is 0 Å². The Labute approximate surface area is 177 Å². The van der Waals surface area contributed by atoms with E-state index in [0.29, 0.717) is 12.3 Å². The van der Waals surface area contributed by atoms with Crippen LogP contribution in [-0.4, -0.2) is 57.9 Å². The highest BCUT2D eigenvalue weighted by Crippen LogP contribution is 2.34. The molecule has 0 saturated carbocycles. The second kappa shape index (κ2) is 9.36. The van der Waals surface area contributed by atoms with E-state index >= 15 is 0 Å². The first kappa shape index (κ1) is 21.9. The summed E-state index contributed by atoms with van der Waals surface area (Å²) in [6.07, 6.45) is 2.55. The maximum absolute atomic E-state index is 13.0. The third kappa shape index (κ3) is 5.22. The van der Waals surface area contributed by atoms with Crippen molar-refractivity contribution in [1.29, 1.82) is 0 Å². The quantitative estimate of drug-likeness (QED) is 0.657. The highest BCUT2D eigenvalue weighted by atomic mass is 32.2. The first-order valence-electron chi connectivity index (χ1n) is 9.64. The van der Waals surface area contributed by atoms with Gasteiger partial charge in [0.15, 0.2) is 0 Å². The van der Waals surface area contributed by atoms with Crippen molar-refractivity contribution in [3.05, 3.63) is 59.7 Å². The third-order valence-electron chi connectivity index (χ3n) is 5.01. The molecule has 1 atom stereocenters. The molecule has 1 fully saturated rings. The van der Waals surface area contributed by atoms with Crippen LogP contribution in [0.5, 0.6) is 11.5 Å². The Hall–Kier alpha value is -2.78. The number of hydrazine groups is 1. The van der Waals surface area contributed by atoms with Gasteiger partial charge in [0.2, 0.25) is 10.0 Å². The SMILES string of the molecule is COc1ccc(CCCN2C(=O)N(NS(C)(=O)=O)CC2c2ccccc2OC)cc1. The van der Waals surface area contributed by atoms with Gasteiger partial charge in [-0.2, -0.15) is 0 Å². The number of aryl methyl sites for hydroxylation is 1. The molecule has 2 amide bonds. The second-order valence-corrected chi connectivity index (χ2v) is 8.89. The van der Waals surface area contributed by atoms with Crippen molar-refractivity contribution < 1.29 is 22.7 Å². The predicted octanol–water partition coefficient (Wildman–Crippen LogP) is 2.58. The Balaban J connectivity index is 1.77. The molecule has 1 aliphatic rings. The summed E-state index contributed by atoms with van der Waals surface area (Å²) in [6, 6.07) is 14.6. The van der Waals surface area contributed by atoms with E-state index in [-0.39, 0.29) is 18.6 Å². The number of rotatable bonds is 9. The zero-order valence-electron chi connectivity index (χ0n) is 17.4. The van der Waals surface area contributed by atoms with Crippen LogP contribution in [0.3, 0.4) is 0 Å². The molecule has 0 aliphatic carbocycles. The minimum absolute atomic E-state index is 0.203. The minimum Gasteiger partial charge on any atom is -0.497 e. The van der Waals surface area contributed by atoms with E-state index in [9.17, 15) is 13.2 Å². The number of carbonyl (C=O) groups excluding carboxylic acids is 1. The van der Waals surface area contributed by atoms with Crippen molar-refractivity contribution >= 4 is 16.1 Å². The Morgan fingerprint density at radius 3 is 2.40 bits per heavy atom. The molecule has 30 heavy (non-hydrogen) atoms. The Kier molecular flexibility index (Phi) is 6.84. The molecule has 2 aromatic carbocycles. The van der Waals surface area contributed by atoms with Crippen LogP contribution in [0, 0.1) is 0 Å². The highest BCUT2D eigenvalue weighted by Gasteiger charge is 2.40. The Morgan fingerprint density at radius 1 is 1.07 bits per heavy atom. The van der Waals surface area contributed by atoms with Crippen LogP contribution in [0.1, 0.15) is 23.6 Å². The highest BCUT2D eigenvalue weighted by molar-refractivity contribution is 7.88. The monoisotopic (exact) mass is 433 g/mol. The van der Waals surface area contributed by atoms with E-state index in [4.69, 9.17) is 9.47 Å². The summed E-state index contributed by atoms with van der Waals surface area (Å²) < 4.78 is 34.0. The average Bonchev–Trinajstić information content (AvgIpc) is 3.02. The molecule has 9 heteroatoms. The second-order valence-electron chi connectivity index (χ2n) is 7.16. The van der Waals surface area contributed by atoms with Gasteiger partial charge in [-0.25, -0.2) is 18.2 Å². The number of ether oxygens (including phenoxy) is 2. The Bertz CT molecular complexity index is 978. The molecule has 1 heterocycles. The van der Waals surface area contributed by atoms with E-state index in [1.807, 2.05) is 48.5 Å². The van der Waals surface area contributed by atoms with E-state index in [1.165, 1.54) is 0 Å². The summed E-state index contributed by atoms with van der Waals surface area (Å²) in [7, 11) is -0.363. The normalized spacial score (nSPS) is 16.8. The number of carbonyl (C=O) groups is 1. The lowest BCUT2D eigenvalue weighted by atomic mass is 10.0. The van der Waals surface area contributed by atoms with E-state index in [1.54, 1.807) is 19.1 Å². The molecule has 2 aromatic rings. The van der Waals surface area contributed by atoms with Gasteiger partial charge in [0.25, 0.3) is 0 Å². The maximum atomic E-state index is 13.0. The predicted molar refractivity (Wildman–Crippen MR) is 114 cm³/mol. The van der Waals surface area contributed by atoms with E-state index in [2.05, 4.69) is 4.83 Å². The maximum Gasteiger partial charge on any atom is 0.335 e. The molecule has 0 aromatic heterocycles. The first-order chi connectivity index (χ1) is 14.3. The molecule has 162 valence electrons. The van der Waals surface area contributed by atoms with Gasteiger partial charge in [-0.1, -0.05) is 30.3 Å². The van der Waals surface area contributed by atoms with Gasteiger partial charge in [0, 0.05) is 12.1 Å². The number of hydrogen-bond donors (Lipinski definition) is 1. The number of para-hydroxylation sites is 1. The van der Waals surface area contributed by atoms with Crippen LogP contribution in [0.15, 0.2) is 48.5 Å². The van der Waals surface area contributed by atoms with Gasteiger partial charge in [-0.05, 0) is 36.6 Å². The summed E-state index contributed by atoms with van der Waals surface area (Å²) in [5.74, 6) is 1.46. The Morgan fingerprint density at radius 2 is 1.77 bits per heavy atom. The number of amides is 2. The summed E-state index contributed by atoms with van der Waals surface area (Å²) >= 11 is 0. The van der Waals surface area contributed by atoms with Crippen LogP contribution in [0.2, 0.25) is 0 Å². The number of methoxy groups -OCH3 is 2. The fourth-order valence-corrected chi connectivity index (χ4v) is 4.17. The lowest BCUT2D eigenvalue weighted by Gasteiger charge is -2.24. The molecule has 1 aliphatic heterocycles. The minimum atomic E-state index is -3.57. The van der Waals surface area contributed by atoms with E-state index < -0.39 is 10.0 Å². The molecular formula is C21H27N3O5S. The zero-order valence-corrected chi connectivity index (χ0v) is 18.2. The molecule has 0 bridgehead atoms. The van der Waals surface area contributed by atoms with Gasteiger partial charge < -0.3 is 14.4 Å². The van der Waals surface area contributed by atoms with Gasteiger partial charge >= 0.3 is 6.03 Å². The molecule has 8 nitrogen and oxygen atoms in total. The van der Waals surface area contributed by atoms with Gasteiger partial charge in [-0.3, -0.25) is 0 Å². The number of sulfonamides is 1. The molecule has 1 N–H and O–H groups in total. The lowest BCUT2D eigenvalue weighted by Crippen LogP contribution is -2.44. The van der Waals surface area contributed by atoms with Crippen molar-refractivity contribution in [3.63, 3.8) is 0 Å². The molecule has 1 unspecified atom stereocenters. The van der Waals surface area contributed by atoms with Crippen molar-refractivity contribution in [1.82, 2.24) is 14.7 Å². The van der Waals surface area contributed by atoms with Crippen LogP contribution in [0.4, 0.5) is 4.79 Å². The van der Waals surface area contributed by atoms with Gasteiger partial charge in [0.05, 0.1) is 33.1 Å². The lowest BCUT2D eigenvalue weighted by molar-refractivity contribution is 0.181. The van der Waals surface area contributed by atoms with Crippen molar-refractivity contribution in [2.75, 3.05) is 33.6 Å². The number of hydrogen-bond acceptors (Lipinski definition) is 5. The number of urea groups is 1. The molecule has 0 spiro atoms. The number of nitrogens with zero attached hydrogens (tertiary/aromatic N) is 2.